The first-order valence-corrected chi connectivity index (χ1v) is 7.13. The number of aromatic nitrogens is 1. The first kappa shape index (κ1) is 14.9. The van der Waals surface area contributed by atoms with Crippen LogP contribution in [-0.2, 0) is 0 Å². The van der Waals surface area contributed by atoms with Gasteiger partial charge in [-0.2, -0.15) is 0 Å². The van der Waals surface area contributed by atoms with Crippen molar-refractivity contribution >= 4 is 15.9 Å². The van der Waals surface area contributed by atoms with E-state index in [4.69, 9.17) is 4.74 Å². The number of nitrogens with one attached hydrogen (secondary N) is 1. The van der Waals surface area contributed by atoms with E-state index in [0.29, 0.717) is 10.2 Å². The molecular formula is C15H16BrFN2O. The molecule has 0 aliphatic carbocycles. The first-order valence-electron chi connectivity index (χ1n) is 6.34. The minimum absolute atomic E-state index is 0.219. The Morgan fingerprint density at radius 2 is 2.20 bits per heavy atom. The smallest absolute Gasteiger partial charge is 0.142 e. The lowest BCUT2D eigenvalue weighted by atomic mass is 10.0. The number of nitrogens with zero attached hydrogens (tertiary/aromatic N) is 1. The van der Waals surface area contributed by atoms with Crippen molar-refractivity contribution in [3.63, 3.8) is 0 Å². The molecule has 0 radical (unpaired) electrons. The van der Waals surface area contributed by atoms with Crippen molar-refractivity contribution in [2.45, 2.75) is 13.0 Å². The topological polar surface area (TPSA) is 34.2 Å². The lowest BCUT2D eigenvalue weighted by molar-refractivity contribution is 0.400. The van der Waals surface area contributed by atoms with Crippen LogP contribution in [0.3, 0.4) is 0 Å². The van der Waals surface area contributed by atoms with E-state index in [1.165, 1.54) is 12.1 Å². The average Bonchev–Trinajstić information content (AvgIpc) is 2.43. The summed E-state index contributed by atoms with van der Waals surface area (Å²) in [5, 5.41) is 3.31. The molecule has 0 bridgehead atoms. The second-order valence-corrected chi connectivity index (χ2v) is 5.20. The van der Waals surface area contributed by atoms with E-state index in [0.717, 1.165) is 17.8 Å². The van der Waals surface area contributed by atoms with Gasteiger partial charge >= 0.3 is 0 Å². The van der Waals surface area contributed by atoms with E-state index in [1.807, 2.05) is 25.1 Å². The van der Waals surface area contributed by atoms with Crippen LogP contribution in [0.15, 0.2) is 41.0 Å². The van der Waals surface area contributed by atoms with Crippen LogP contribution in [-0.4, -0.2) is 18.6 Å². The molecule has 1 aromatic heterocycles. The molecular weight excluding hydrogens is 323 g/mol. The van der Waals surface area contributed by atoms with Gasteiger partial charge in [0.15, 0.2) is 0 Å². The molecule has 1 unspecified atom stereocenters. The molecule has 0 saturated carbocycles. The summed E-state index contributed by atoms with van der Waals surface area (Å²) in [6.45, 7) is 2.73. The third-order valence-corrected chi connectivity index (χ3v) is 3.38. The van der Waals surface area contributed by atoms with Gasteiger partial charge in [0.05, 0.1) is 13.2 Å². The van der Waals surface area contributed by atoms with Crippen LogP contribution in [0.5, 0.6) is 5.75 Å². The van der Waals surface area contributed by atoms with Crippen LogP contribution < -0.4 is 10.1 Å². The number of hydrogen-bond donors (Lipinski definition) is 1. The number of rotatable bonds is 5. The summed E-state index contributed by atoms with van der Waals surface area (Å²) in [7, 11) is 1.60. The monoisotopic (exact) mass is 338 g/mol. The highest BCUT2D eigenvalue weighted by molar-refractivity contribution is 9.10. The predicted octanol–water partition coefficient (Wildman–Crippen LogP) is 3.69. The molecule has 0 saturated heterocycles. The number of ether oxygens (including phenoxy) is 1. The molecule has 0 fully saturated rings. The molecule has 1 N–H and O–H groups in total. The summed E-state index contributed by atoms with van der Waals surface area (Å²) in [5.41, 5.74) is 1.55. The van der Waals surface area contributed by atoms with Crippen LogP contribution >= 0.6 is 15.9 Å². The predicted molar refractivity (Wildman–Crippen MR) is 80.4 cm³/mol. The van der Waals surface area contributed by atoms with E-state index in [2.05, 4.69) is 26.2 Å². The highest BCUT2D eigenvalue weighted by Gasteiger charge is 2.19. The van der Waals surface area contributed by atoms with Crippen molar-refractivity contribution in [2.75, 3.05) is 13.7 Å². The van der Waals surface area contributed by atoms with Gasteiger partial charge in [0.2, 0.25) is 0 Å². The standard InChI is InChI=1S/C15H16BrFN2O/c1-3-18-14(10-7-11(16)9-12(17)8-10)15-13(20-2)5-4-6-19-15/h4-9,14,18H,3H2,1-2H3. The molecule has 1 atom stereocenters. The van der Waals surface area contributed by atoms with Crippen molar-refractivity contribution in [2.24, 2.45) is 0 Å². The number of hydrogen-bond acceptors (Lipinski definition) is 3. The Kier molecular flexibility index (Phi) is 5.09. The van der Waals surface area contributed by atoms with Crippen molar-refractivity contribution in [1.82, 2.24) is 10.3 Å². The molecule has 106 valence electrons. The second-order valence-electron chi connectivity index (χ2n) is 4.28. The largest absolute Gasteiger partial charge is 0.495 e. The van der Waals surface area contributed by atoms with Gasteiger partial charge in [0.1, 0.15) is 17.3 Å². The Hall–Kier alpha value is -1.46. The van der Waals surface area contributed by atoms with Crippen LogP contribution in [0.25, 0.3) is 0 Å². The van der Waals surface area contributed by atoms with E-state index in [-0.39, 0.29) is 11.9 Å². The Bertz CT molecular complexity index is 572. The van der Waals surface area contributed by atoms with E-state index in [9.17, 15) is 4.39 Å². The fraction of sp³-hybridized carbons (Fsp3) is 0.267. The van der Waals surface area contributed by atoms with Gasteiger partial charge in [-0.1, -0.05) is 22.9 Å². The number of pyridine rings is 1. The van der Waals surface area contributed by atoms with E-state index < -0.39 is 0 Å². The van der Waals surface area contributed by atoms with Crippen LogP contribution in [0.4, 0.5) is 4.39 Å². The molecule has 0 aliphatic rings. The molecule has 2 aromatic rings. The summed E-state index contributed by atoms with van der Waals surface area (Å²) in [5.74, 6) is 0.394. The van der Waals surface area contributed by atoms with Crippen molar-refractivity contribution < 1.29 is 9.13 Å². The molecule has 20 heavy (non-hydrogen) atoms. The molecule has 0 spiro atoms. The highest BCUT2D eigenvalue weighted by Crippen LogP contribution is 2.29. The molecule has 5 heteroatoms. The van der Waals surface area contributed by atoms with Crippen LogP contribution in [0.1, 0.15) is 24.2 Å². The fourth-order valence-corrected chi connectivity index (χ4v) is 2.59. The minimum atomic E-state index is -0.285. The number of methoxy groups -OCH3 is 1. The maximum atomic E-state index is 13.6. The van der Waals surface area contributed by atoms with Gasteiger partial charge < -0.3 is 10.1 Å². The molecule has 1 heterocycles. The summed E-state index contributed by atoms with van der Waals surface area (Å²) in [4.78, 5) is 4.38. The number of halogens is 2. The Morgan fingerprint density at radius 3 is 2.85 bits per heavy atom. The summed E-state index contributed by atoms with van der Waals surface area (Å²) in [6, 6.07) is 8.26. The van der Waals surface area contributed by atoms with Gasteiger partial charge in [0, 0.05) is 10.7 Å². The Morgan fingerprint density at radius 1 is 1.40 bits per heavy atom. The zero-order chi connectivity index (χ0) is 14.5. The van der Waals surface area contributed by atoms with Gasteiger partial charge in [-0.25, -0.2) is 4.39 Å². The van der Waals surface area contributed by atoms with Crippen molar-refractivity contribution in [3.05, 3.63) is 58.1 Å². The minimum Gasteiger partial charge on any atom is -0.495 e. The average molecular weight is 339 g/mol. The van der Waals surface area contributed by atoms with Gasteiger partial charge in [-0.3, -0.25) is 4.98 Å². The van der Waals surface area contributed by atoms with E-state index in [1.54, 1.807) is 13.3 Å². The maximum absolute atomic E-state index is 13.6. The SMILES string of the molecule is CCNC(c1cc(F)cc(Br)c1)c1ncccc1OC. The lowest BCUT2D eigenvalue weighted by Crippen LogP contribution is -2.23. The third-order valence-electron chi connectivity index (χ3n) is 2.92. The van der Waals surface area contributed by atoms with Crippen molar-refractivity contribution in [3.8, 4) is 5.75 Å². The van der Waals surface area contributed by atoms with Gasteiger partial charge in [-0.15, -0.1) is 0 Å². The molecule has 2 rings (SSSR count). The first-order chi connectivity index (χ1) is 9.65. The van der Waals surface area contributed by atoms with E-state index >= 15 is 0 Å². The molecule has 1 aromatic carbocycles. The third kappa shape index (κ3) is 3.35. The Labute approximate surface area is 126 Å². The quantitative estimate of drug-likeness (QED) is 0.902. The highest BCUT2D eigenvalue weighted by atomic mass is 79.9. The van der Waals surface area contributed by atoms with Crippen LogP contribution in [0, 0.1) is 5.82 Å². The normalized spacial score (nSPS) is 12.2. The summed E-state index contributed by atoms with van der Waals surface area (Å²) >= 11 is 3.32. The van der Waals surface area contributed by atoms with Crippen molar-refractivity contribution in [1.29, 1.82) is 0 Å². The van der Waals surface area contributed by atoms with Gasteiger partial charge in [-0.05, 0) is 42.4 Å². The zero-order valence-electron chi connectivity index (χ0n) is 11.4. The molecule has 0 amide bonds. The Balaban J connectivity index is 2.50. The van der Waals surface area contributed by atoms with Gasteiger partial charge in [0.25, 0.3) is 0 Å². The second kappa shape index (κ2) is 6.81. The fourth-order valence-electron chi connectivity index (χ4n) is 2.11. The molecule has 0 aliphatic heterocycles. The maximum Gasteiger partial charge on any atom is 0.142 e. The summed E-state index contributed by atoms with van der Waals surface area (Å²) < 4.78 is 19.7. The summed E-state index contributed by atoms with van der Waals surface area (Å²) in [6.07, 6.45) is 1.70. The number of benzene rings is 1. The lowest BCUT2D eigenvalue weighted by Gasteiger charge is -2.20. The molecule has 3 nitrogen and oxygen atoms in total. The zero-order valence-corrected chi connectivity index (χ0v) is 12.9. The van der Waals surface area contributed by atoms with Crippen LogP contribution in [0.2, 0.25) is 0 Å².